The van der Waals surface area contributed by atoms with Gasteiger partial charge in [-0.1, -0.05) is 12.6 Å². The van der Waals surface area contributed by atoms with Crippen molar-refractivity contribution in [3.8, 4) is 0 Å². The largest absolute Gasteiger partial charge is 0.393 e. The van der Waals surface area contributed by atoms with Crippen LogP contribution in [0.25, 0.3) is 0 Å². The first kappa shape index (κ1) is 16.2. The van der Waals surface area contributed by atoms with Crippen molar-refractivity contribution in [1.29, 1.82) is 0 Å². The summed E-state index contributed by atoms with van der Waals surface area (Å²) in [7, 11) is 1.54. The van der Waals surface area contributed by atoms with Crippen molar-refractivity contribution in [1.82, 2.24) is 4.90 Å². The predicted molar refractivity (Wildman–Crippen MR) is 82.6 cm³/mol. The van der Waals surface area contributed by atoms with Crippen LogP contribution in [0.4, 0.5) is 5.69 Å². The number of likely N-dealkylation sites (tertiary alicyclic amines) is 1. The molecular formula is C16H20N2O4. The lowest BCUT2D eigenvalue weighted by Crippen LogP contribution is -2.40. The van der Waals surface area contributed by atoms with Gasteiger partial charge in [-0.2, -0.15) is 0 Å². The number of methoxy groups -OCH3 is 1. The van der Waals surface area contributed by atoms with Gasteiger partial charge in [-0.15, -0.1) is 0 Å². The Balaban J connectivity index is 2.12. The maximum absolute atomic E-state index is 12.5. The summed E-state index contributed by atoms with van der Waals surface area (Å²) in [4.78, 5) is 25.5. The fourth-order valence-electron chi connectivity index (χ4n) is 2.48. The minimum absolute atomic E-state index is 0.122. The van der Waals surface area contributed by atoms with E-state index in [9.17, 15) is 14.7 Å². The molecule has 0 aliphatic carbocycles. The topological polar surface area (TPSA) is 78.9 Å². The molecule has 2 N–H and O–H groups in total. The Morgan fingerprint density at radius 3 is 2.91 bits per heavy atom. The van der Waals surface area contributed by atoms with Gasteiger partial charge < -0.3 is 20.1 Å². The summed E-state index contributed by atoms with van der Waals surface area (Å²) in [5.41, 5.74) is 0.339. The molecule has 0 saturated carbocycles. The number of aliphatic hydroxyl groups is 1. The van der Waals surface area contributed by atoms with Gasteiger partial charge in [-0.25, -0.2) is 0 Å². The average molecular weight is 304 g/mol. The number of benzene rings is 1. The smallest absolute Gasteiger partial charge is 0.254 e. The standard InChI is InChI=1S/C16H20N2O4/c1-3-14(20)17-13-6-4-5-12(9-13)15(21)18-8-7-16(10-18,11-19)22-2/h3-6,9,19H,1,7-8,10-11H2,2H3,(H,17,20). The average Bonchev–Trinajstić information content (AvgIpc) is 2.99. The summed E-state index contributed by atoms with van der Waals surface area (Å²) in [5.74, 6) is -0.480. The third-order valence-electron chi connectivity index (χ3n) is 3.89. The summed E-state index contributed by atoms with van der Waals surface area (Å²) in [6.45, 7) is 4.14. The van der Waals surface area contributed by atoms with Gasteiger partial charge in [0.15, 0.2) is 0 Å². The summed E-state index contributed by atoms with van der Waals surface area (Å²) < 4.78 is 5.34. The van der Waals surface area contributed by atoms with Crippen molar-refractivity contribution in [2.24, 2.45) is 0 Å². The second kappa shape index (κ2) is 6.72. The number of nitrogens with one attached hydrogen (secondary N) is 1. The first-order valence-corrected chi connectivity index (χ1v) is 7.02. The molecular weight excluding hydrogens is 284 g/mol. The highest BCUT2D eigenvalue weighted by atomic mass is 16.5. The molecule has 0 spiro atoms. The van der Waals surface area contributed by atoms with E-state index in [0.29, 0.717) is 30.8 Å². The molecule has 0 bridgehead atoms. The molecule has 1 unspecified atom stereocenters. The van der Waals surface area contributed by atoms with Crippen LogP contribution in [-0.2, 0) is 9.53 Å². The number of rotatable bonds is 5. The zero-order chi connectivity index (χ0) is 16.2. The van der Waals surface area contributed by atoms with Crippen LogP contribution in [0, 0.1) is 0 Å². The number of anilines is 1. The van der Waals surface area contributed by atoms with E-state index in [1.807, 2.05) is 0 Å². The quantitative estimate of drug-likeness (QED) is 0.797. The Labute approximate surface area is 129 Å². The number of amides is 2. The SMILES string of the molecule is C=CC(=O)Nc1cccc(C(=O)N2CCC(CO)(OC)C2)c1. The number of nitrogens with zero attached hydrogens (tertiary/aromatic N) is 1. The second-order valence-electron chi connectivity index (χ2n) is 5.30. The third kappa shape index (κ3) is 3.35. The highest BCUT2D eigenvalue weighted by Gasteiger charge is 2.39. The molecule has 1 aliphatic heterocycles. The van der Waals surface area contributed by atoms with E-state index >= 15 is 0 Å². The zero-order valence-electron chi connectivity index (χ0n) is 12.5. The van der Waals surface area contributed by atoms with Crippen molar-refractivity contribution in [2.45, 2.75) is 12.0 Å². The predicted octanol–water partition coefficient (Wildman–Crippen LogP) is 1.03. The van der Waals surface area contributed by atoms with Crippen LogP contribution in [0.15, 0.2) is 36.9 Å². The number of hydrogen-bond acceptors (Lipinski definition) is 4. The molecule has 2 amide bonds. The molecule has 118 valence electrons. The molecule has 22 heavy (non-hydrogen) atoms. The lowest BCUT2D eigenvalue weighted by atomic mass is 10.1. The summed E-state index contributed by atoms with van der Waals surface area (Å²) in [6.07, 6.45) is 1.77. The van der Waals surface area contributed by atoms with Gasteiger partial charge in [0.25, 0.3) is 5.91 Å². The minimum Gasteiger partial charge on any atom is -0.393 e. The Kier molecular flexibility index (Phi) is 4.95. The minimum atomic E-state index is -0.676. The van der Waals surface area contributed by atoms with Crippen LogP contribution < -0.4 is 5.32 Å². The summed E-state index contributed by atoms with van der Waals surface area (Å²) >= 11 is 0. The molecule has 1 aromatic rings. The first-order valence-electron chi connectivity index (χ1n) is 7.02. The second-order valence-corrected chi connectivity index (χ2v) is 5.30. The maximum atomic E-state index is 12.5. The Morgan fingerprint density at radius 2 is 2.32 bits per heavy atom. The van der Waals surface area contributed by atoms with E-state index in [1.54, 1.807) is 29.2 Å². The van der Waals surface area contributed by atoms with Crippen molar-refractivity contribution in [3.63, 3.8) is 0 Å². The van der Waals surface area contributed by atoms with E-state index in [2.05, 4.69) is 11.9 Å². The van der Waals surface area contributed by atoms with Crippen molar-refractivity contribution < 1.29 is 19.4 Å². The van der Waals surface area contributed by atoms with Crippen LogP contribution in [-0.4, -0.2) is 54.2 Å². The zero-order valence-corrected chi connectivity index (χ0v) is 12.5. The van der Waals surface area contributed by atoms with Crippen molar-refractivity contribution >= 4 is 17.5 Å². The van der Waals surface area contributed by atoms with Gasteiger partial charge >= 0.3 is 0 Å². The van der Waals surface area contributed by atoms with Crippen LogP contribution in [0.3, 0.4) is 0 Å². The van der Waals surface area contributed by atoms with Crippen molar-refractivity contribution in [3.05, 3.63) is 42.5 Å². The number of aliphatic hydroxyl groups excluding tert-OH is 1. The molecule has 0 aromatic heterocycles. The van der Waals surface area contributed by atoms with E-state index < -0.39 is 5.60 Å². The fourth-order valence-corrected chi connectivity index (χ4v) is 2.48. The lowest BCUT2D eigenvalue weighted by molar-refractivity contribution is -0.111. The Bertz CT molecular complexity index is 581. The lowest BCUT2D eigenvalue weighted by Gasteiger charge is -2.25. The highest BCUT2D eigenvalue weighted by molar-refractivity contribution is 6.00. The summed E-state index contributed by atoms with van der Waals surface area (Å²) in [5, 5.41) is 12.1. The van der Waals surface area contributed by atoms with Crippen LogP contribution in [0.5, 0.6) is 0 Å². The Hall–Kier alpha value is -2.18. The van der Waals surface area contributed by atoms with Gasteiger partial charge in [0.05, 0.1) is 13.2 Å². The van der Waals surface area contributed by atoms with Gasteiger partial charge in [0.2, 0.25) is 5.91 Å². The van der Waals surface area contributed by atoms with E-state index in [4.69, 9.17) is 4.74 Å². The number of hydrogen-bond donors (Lipinski definition) is 2. The number of carbonyl (C=O) groups is 2. The van der Waals surface area contributed by atoms with E-state index in [-0.39, 0.29) is 18.4 Å². The molecule has 1 fully saturated rings. The van der Waals surface area contributed by atoms with Gasteiger partial charge in [-0.05, 0) is 30.7 Å². The molecule has 1 heterocycles. The van der Waals surface area contributed by atoms with Crippen LogP contribution in [0.2, 0.25) is 0 Å². The molecule has 1 saturated heterocycles. The molecule has 2 rings (SSSR count). The maximum Gasteiger partial charge on any atom is 0.254 e. The van der Waals surface area contributed by atoms with Crippen molar-refractivity contribution in [2.75, 3.05) is 32.1 Å². The molecule has 1 atom stereocenters. The number of ether oxygens (including phenoxy) is 1. The van der Waals surface area contributed by atoms with E-state index in [1.165, 1.54) is 13.2 Å². The van der Waals surface area contributed by atoms with Crippen LogP contribution in [0.1, 0.15) is 16.8 Å². The van der Waals surface area contributed by atoms with Gasteiger partial charge in [-0.3, -0.25) is 9.59 Å². The monoisotopic (exact) mass is 304 g/mol. The highest BCUT2D eigenvalue weighted by Crippen LogP contribution is 2.26. The fraction of sp³-hybridized carbons (Fsp3) is 0.375. The third-order valence-corrected chi connectivity index (χ3v) is 3.89. The molecule has 0 radical (unpaired) electrons. The normalized spacial score (nSPS) is 20.7. The van der Waals surface area contributed by atoms with Gasteiger partial charge in [0.1, 0.15) is 5.60 Å². The molecule has 1 aliphatic rings. The number of carbonyl (C=O) groups excluding carboxylic acids is 2. The van der Waals surface area contributed by atoms with E-state index in [0.717, 1.165) is 0 Å². The summed E-state index contributed by atoms with van der Waals surface area (Å²) in [6, 6.07) is 6.72. The van der Waals surface area contributed by atoms with Crippen LogP contribution >= 0.6 is 0 Å². The molecule has 1 aromatic carbocycles. The Morgan fingerprint density at radius 1 is 1.55 bits per heavy atom. The van der Waals surface area contributed by atoms with Gasteiger partial charge in [0, 0.05) is 24.9 Å². The first-order chi connectivity index (χ1) is 10.5. The molecule has 6 nitrogen and oxygen atoms in total. The molecule has 6 heteroatoms.